The number of carbonyl (C=O) groups excluding carboxylic acids is 6. The number of rotatable bonds is 20. The van der Waals surface area contributed by atoms with Crippen LogP contribution in [0.15, 0.2) is 72.8 Å². The molecule has 18 nitrogen and oxygen atoms in total. The number of aliphatic hydroxyl groups excluding tert-OH is 1. The number of aliphatic carboxylic acids is 2. The molecule has 2 aromatic carbocycles. The van der Waals surface area contributed by atoms with Crippen molar-refractivity contribution in [1.82, 2.24) is 31.3 Å². The molecule has 0 spiro atoms. The van der Waals surface area contributed by atoms with Crippen LogP contribution in [0.4, 0.5) is 4.79 Å². The zero-order valence-corrected chi connectivity index (χ0v) is 31.0. The molecular formula is C37H48N6O12. The van der Waals surface area contributed by atoms with E-state index in [1.807, 2.05) is 5.43 Å². The Bertz CT molecular complexity index is 1670. The van der Waals surface area contributed by atoms with Crippen LogP contribution in [0.25, 0.3) is 0 Å². The number of ether oxygens (including phenoxy) is 1. The van der Waals surface area contributed by atoms with Crippen molar-refractivity contribution >= 4 is 47.6 Å². The number of nitrogens with zero attached hydrogens (tertiary/aromatic N) is 2. The molecule has 7 N–H and O–H groups in total. The van der Waals surface area contributed by atoms with Gasteiger partial charge in [-0.2, -0.15) is 0 Å². The van der Waals surface area contributed by atoms with Gasteiger partial charge in [-0.15, -0.1) is 0 Å². The monoisotopic (exact) mass is 768 g/mol. The molecule has 2 rings (SSSR count). The number of nitrogens with one attached hydrogen (secondary N) is 4. The predicted octanol–water partition coefficient (Wildman–Crippen LogP) is 0.702. The van der Waals surface area contributed by atoms with E-state index >= 15 is 0 Å². The fourth-order valence-electron chi connectivity index (χ4n) is 4.88. The fourth-order valence-corrected chi connectivity index (χ4v) is 4.88. The van der Waals surface area contributed by atoms with Crippen LogP contribution in [0.3, 0.4) is 0 Å². The van der Waals surface area contributed by atoms with Gasteiger partial charge in [0.05, 0.1) is 6.10 Å². The highest BCUT2D eigenvalue weighted by atomic mass is 16.5. The second-order valence-electron chi connectivity index (χ2n) is 12.9. The third kappa shape index (κ3) is 16.9. The van der Waals surface area contributed by atoms with Gasteiger partial charge in [-0.3, -0.25) is 39.0 Å². The highest BCUT2D eigenvalue weighted by Crippen LogP contribution is 2.10. The lowest BCUT2D eigenvalue weighted by molar-refractivity contribution is -0.149. The molecule has 55 heavy (non-hydrogen) atoms. The second-order valence-corrected chi connectivity index (χ2v) is 12.9. The molecule has 0 unspecified atom stereocenters. The summed E-state index contributed by atoms with van der Waals surface area (Å²) in [5, 5.41) is 36.5. The van der Waals surface area contributed by atoms with Gasteiger partial charge in [0.1, 0.15) is 31.3 Å². The molecular weight excluding hydrogens is 720 g/mol. The Labute approximate surface area is 317 Å². The minimum absolute atomic E-state index is 0.0921. The van der Waals surface area contributed by atoms with E-state index in [1.54, 1.807) is 74.5 Å². The maximum atomic E-state index is 13.5. The standard InChI is InChI=1S/C37H48N6O12/c1-23(2)19-28(39-37(54)55-22-26-13-9-6-10-14-26)35(52)38-27(15-18-31(47)48)34(51)40-33(24(3)44)36(53)41-43(21-32(49)50)30(46)17-16-29(45)42(4)20-25-11-7-5-8-12-25/h5-14,16-17,23-24,27-28,33,44H,15,18-22H2,1-4H3,(H,38,52)(H,39,54)(H,40,51)(H,41,53)(H,47,48)(H,49,50)/b17-16+/t24-,27+,28+,33+/m1/s1. The molecule has 0 heterocycles. The molecule has 4 atom stereocenters. The number of hydrazine groups is 1. The summed E-state index contributed by atoms with van der Waals surface area (Å²) in [6, 6.07) is 13.0. The van der Waals surface area contributed by atoms with Crippen LogP contribution in [0.5, 0.6) is 0 Å². The second kappa shape index (κ2) is 22.7. The van der Waals surface area contributed by atoms with E-state index in [0.29, 0.717) is 10.6 Å². The number of carbonyl (C=O) groups is 8. The molecule has 0 saturated heterocycles. The topological polar surface area (TPSA) is 261 Å². The summed E-state index contributed by atoms with van der Waals surface area (Å²) in [6.45, 7) is 3.67. The first kappa shape index (κ1) is 44.9. The summed E-state index contributed by atoms with van der Waals surface area (Å²) in [4.78, 5) is 102. The average molecular weight is 769 g/mol. The number of carboxylic acids is 2. The smallest absolute Gasteiger partial charge is 0.408 e. The molecule has 0 aliphatic rings. The van der Waals surface area contributed by atoms with Gasteiger partial charge in [-0.1, -0.05) is 74.5 Å². The van der Waals surface area contributed by atoms with Gasteiger partial charge in [-0.25, -0.2) is 9.80 Å². The first-order valence-corrected chi connectivity index (χ1v) is 17.3. The van der Waals surface area contributed by atoms with Crippen LogP contribution >= 0.6 is 0 Å². The van der Waals surface area contributed by atoms with Crippen molar-refractivity contribution in [2.75, 3.05) is 13.6 Å². The summed E-state index contributed by atoms with van der Waals surface area (Å²) in [5.74, 6) is -8.02. The van der Waals surface area contributed by atoms with Crippen molar-refractivity contribution in [1.29, 1.82) is 0 Å². The van der Waals surface area contributed by atoms with Crippen molar-refractivity contribution in [2.24, 2.45) is 5.92 Å². The van der Waals surface area contributed by atoms with E-state index in [-0.39, 0.29) is 25.5 Å². The molecule has 0 aliphatic heterocycles. The highest BCUT2D eigenvalue weighted by Gasteiger charge is 2.33. The summed E-state index contributed by atoms with van der Waals surface area (Å²) in [6.07, 6.45) is -1.98. The highest BCUT2D eigenvalue weighted by molar-refractivity contribution is 5.99. The number of benzene rings is 2. The number of likely N-dealkylation sites (N-methyl/N-ethyl adjacent to an activating group) is 1. The Morgan fingerprint density at radius 1 is 0.727 bits per heavy atom. The van der Waals surface area contributed by atoms with Gasteiger partial charge in [0.2, 0.25) is 17.7 Å². The molecule has 0 bridgehead atoms. The molecule has 6 amide bonds. The minimum atomic E-state index is -1.86. The summed E-state index contributed by atoms with van der Waals surface area (Å²) in [7, 11) is 1.48. The first-order chi connectivity index (χ1) is 26.0. The largest absolute Gasteiger partial charge is 0.481 e. The van der Waals surface area contributed by atoms with E-state index in [1.165, 1.54) is 11.9 Å². The van der Waals surface area contributed by atoms with Gasteiger partial charge in [0.15, 0.2) is 0 Å². The molecule has 298 valence electrons. The van der Waals surface area contributed by atoms with Crippen molar-refractivity contribution in [3.8, 4) is 0 Å². The Morgan fingerprint density at radius 3 is 1.84 bits per heavy atom. The fraction of sp³-hybridized carbons (Fsp3) is 0.405. The lowest BCUT2D eigenvalue weighted by atomic mass is 10.0. The molecule has 0 fully saturated rings. The Kier molecular flexibility index (Phi) is 18.5. The first-order valence-electron chi connectivity index (χ1n) is 17.3. The van der Waals surface area contributed by atoms with Crippen LogP contribution in [0.2, 0.25) is 0 Å². The van der Waals surface area contributed by atoms with E-state index in [4.69, 9.17) is 4.74 Å². The van der Waals surface area contributed by atoms with E-state index in [0.717, 1.165) is 24.6 Å². The maximum absolute atomic E-state index is 13.5. The Morgan fingerprint density at radius 2 is 1.29 bits per heavy atom. The van der Waals surface area contributed by atoms with E-state index in [2.05, 4.69) is 16.0 Å². The van der Waals surface area contributed by atoms with Crippen molar-refractivity contribution in [3.63, 3.8) is 0 Å². The van der Waals surface area contributed by atoms with Crippen LogP contribution in [0, 0.1) is 5.92 Å². The number of amides is 6. The number of hydrogen-bond donors (Lipinski definition) is 7. The number of hydrogen-bond acceptors (Lipinski definition) is 10. The number of carboxylic acid groups (broad SMARTS) is 2. The van der Waals surface area contributed by atoms with Crippen molar-refractivity contribution in [3.05, 3.63) is 83.9 Å². The maximum Gasteiger partial charge on any atom is 0.408 e. The van der Waals surface area contributed by atoms with Gasteiger partial charge in [-0.05, 0) is 36.8 Å². The van der Waals surface area contributed by atoms with Crippen LogP contribution in [0.1, 0.15) is 51.2 Å². The van der Waals surface area contributed by atoms with E-state index in [9.17, 15) is 53.7 Å². The normalized spacial score (nSPS) is 13.1. The van der Waals surface area contributed by atoms with Gasteiger partial charge >= 0.3 is 18.0 Å². The van der Waals surface area contributed by atoms with Crippen LogP contribution in [-0.2, 0) is 51.5 Å². The molecule has 18 heteroatoms. The molecule has 0 aromatic heterocycles. The van der Waals surface area contributed by atoms with Crippen LogP contribution in [-0.4, -0.2) is 111 Å². The predicted molar refractivity (Wildman–Crippen MR) is 195 cm³/mol. The lowest BCUT2D eigenvalue weighted by Crippen LogP contribution is -2.61. The minimum Gasteiger partial charge on any atom is -0.481 e. The third-order valence-corrected chi connectivity index (χ3v) is 7.68. The van der Waals surface area contributed by atoms with Crippen molar-refractivity contribution < 1.29 is 58.4 Å². The third-order valence-electron chi connectivity index (χ3n) is 7.68. The zero-order valence-electron chi connectivity index (χ0n) is 31.0. The SMILES string of the molecule is CC(C)C[C@H](NC(=O)OCc1ccccc1)C(=O)N[C@@H](CCC(=O)O)C(=O)N[C@H](C(=O)NN(CC(=O)O)C(=O)/C=C/C(=O)N(C)Cc1ccccc1)[C@@H](C)O. The summed E-state index contributed by atoms with van der Waals surface area (Å²) < 4.78 is 5.21. The lowest BCUT2D eigenvalue weighted by Gasteiger charge is -2.28. The summed E-state index contributed by atoms with van der Waals surface area (Å²) >= 11 is 0. The molecule has 2 aromatic rings. The van der Waals surface area contributed by atoms with Crippen LogP contribution < -0.4 is 21.4 Å². The quantitative estimate of drug-likeness (QED) is 0.0726. The number of aliphatic hydroxyl groups is 1. The van der Waals surface area contributed by atoms with E-state index < -0.39 is 91.2 Å². The Balaban J connectivity index is 2.18. The number of alkyl carbamates (subject to hydrolysis) is 1. The summed E-state index contributed by atoms with van der Waals surface area (Å²) in [5.41, 5.74) is 3.51. The van der Waals surface area contributed by atoms with Gasteiger partial charge in [0.25, 0.3) is 11.8 Å². The Hall–Kier alpha value is -6.30. The van der Waals surface area contributed by atoms with Gasteiger partial charge in [0, 0.05) is 32.2 Å². The van der Waals surface area contributed by atoms with Crippen molar-refractivity contribution in [2.45, 2.75) is 77.4 Å². The molecule has 0 aliphatic carbocycles. The zero-order chi connectivity index (χ0) is 41.1. The molecule has 0 radical (unpaired) electrons. The average Bonchev–Trinajstić information content (AvgIpc) is 3.12. The molecule has 0 saturated carbocycles. The van der Waals surface area contributed by atoms with Gasteiger partial charge < -0.3 is 40.9 Å².